The lowest BCUT2D eigenvalue weighted by Crippen LogP contribution is -2.30. The smallest absolute Gasteiger partial charge is 0.193 e. The molecule has 0 saturated carbocycles. The number of thiol groups is 1. The van der Waals surface area contributed by atoms with E-state index in [1.807, 2.05) is 12.1 Å². The Balaban J connectivity index is 2.81. The maximum Gasteiger partial charge on any atom is 0.193 e. The number of hydrogen-bond donors (Lipinski definition) is 1. The number of rotatable bonds is 2. The predicted octanol–water partition coefficient (Wildman–Crippen LogP) is 0.792. The number of pyridine rings is 1. The van der Waals surface area contributed by atoms with Crippen molar-refractivity contribution in [2.24, 2.45) is 0 Å². The number of aryl methyl sites for hydroxylation is 1. The van der Waals surface area contributed by atoms with E-state index in [1.165, 1.54) is 6.20 Å². The average Bonchev–Trinajstić information content (AvgIpc) is 1.94. The van der Waals surface area contributed by atoms with Gasteiger partial charge in [-0.3, -0.25) is 0 Å². The SMILES string of the molecule is [O-][n+]1ccccc1CCS. The zero-order valence-electron chi connectivity index (χ0n) is 5.53. The first-order valence-electron chi connectivity index (χ1n) is 3.12. The molecule has 0 fully saturated rings. The van der Waals surface area contributed by atoms with Crippen LogP contribution in [-0.4, -0.2) is 5.75 Å². The average molecular weight is 155 g/mol. The van der Waals surface area contributed by atoms with Crippen molar-refractivity contribution in [2.75, 3.05) is 5.75 Å². The van der Waals surface area contributed by atoms with Crippen LogP contribution in [0.1, 0.15) is 5.69 Å². The lowest BCUT2D eigenvalue weighted by atomic mass is 10.3. The molecule has 0 aliphatic rings. The minimum atomic E-state index is 0.715. The molecule has 3 heteroatoms. The van der Waals surface area contributed by atoms with Crippen molar-refractivity contribution < 1.29 is 4.73 Å². The molecule has 1 aromatic rings. The maximum atomic E-state index is 10.9. The normalized spacial score (nSPS) is 9.70. The second-order valence-electron chi connectivity index (χ2n) is 1.99. The van der Waals surface area contributed by atoms with Crippen molar-refractivity contribution in [3.05, 3.63) is 35.3 Å². The highest BCUT2D eigenvalue weighted by Crippen LogP contribution is 1.92. The van der Waals surface area contributed by atoms with Gasteiger partial charge in [-0.2, -0.15) is 17.4 Å². The van der Waals surface area contributed by atoms with Gasteiger partial charge in [-0.25, -0.2) is 0 Å². The van der Waals surface area contributed by atoms with Crippen molar-refractivity contribution in [3.63, 3.8) is 0 Å². The number of hydrogen-bond acceptors (Lipinski definition) is 2. The van der Waals surface area contributed by atoms with Gasteiger partial charge in [0.05, 0.1) is 0 Å². The van der Waals surface area contributed by atoms with Gasteiger partial charge in [0.25, 0.3) is 0 Å². The van der Waals surface area contributed by atoms with Gasteiger partial charge in [-0.15, -0.1) is 0 Å². The van der Waals surface area contributed by atoms with Gasteiger partial charge in [0.2, 0.25) is 0 Å². The van der Waals surface area contributed by atoms with E-state index in [4.69, 9.17) is 0 Å². The van der Waals surface area contributed by atoms with Gasteiger partial charge in [0, 0.05) is 24.3 Å². The van der Waals surface area contributed by atoms with Crippen LogP contribution in [0.15, 0.2) is 24.4 Å². The fourth-order valence-electron chi connectivity index (χ4n) is 0.772. The zero-order chi connectivity index (χ0) is 7.40. The van der Waals surface area contributed by atoms with E-state index >= 15 is 0 Å². The van der Waals surface area contributed by atoms with Crippen LogP contribution >= 0.6 is 12.6 Å². The van der Waals surface area contributed by atoms with E-state index in [-0.39, 0.29) is 0 Å². The molecule has 1 heterocycles. The molecule has 0 aliphatic heterocycles. The highest BCUT2D eigenvalue weighted by Gasteiger charge is 1.99. The van der Waals surface area contributed by atoms with Gasteiger partial charge in [-0.05, 0) is 0 Å². The Morgan fingerprint density at radius 2 is 2.30 bits per heavy atom. The third-order valence-electron chi connectivity index (χ3n) is 1.27. The Kier molecular flexibility index (Phi) is 2.57. The Labute approximate surface area is 65.5 Å². The fraction of sp³-hybridized carbons (Fsp3) is 0.286. The van der Waals surface area contributed by atoms with Gasteiger partial charge in [0.15, 0.2) is 11.9 Å². The molecule has 1 rings (SSSR count). The molecule has 1 aromatic heterocycles. The van der Waals surface area contributed by atoms with Crippen LogP contribution in [0.3, 0.4) is 0 Å². The first-order valence-corrected chi connectivity index (χ1v) is 3.76. The summed E-state index contributed by atoms with van der Waals surface area (Å²) < 4.78 is 0.871. The molecule has 0 saturated heterocycles. The highest BCUT2D eigenvalue weighted by molar-refractivity contribution is 7.80. The van der Waals surface area contributed by atoms with Crippen LogP contribution in [0.25, 0.3) is 0 Å². The second-order valence-corrected chi connectivity index (χ2v) is 2.44. The largest absolute Gasteiger partial charge is 0.619 e. The highest BCUT2D eigenvalue weighted by atomic mass is 32.1. The minimum absolute atomic E-state index is 0.715. The standard InChI is InChI=1S/C7H9NOS/c9-8-5-2-1-3-7(8)4-6-10/h1-3,5,10H,4,6H2. The molecule has 2 nitrogen and oxygen atoms in total. The molecule has 0 aromatic carbocycles. The van der Waals surface area contributed by atoms with Gasteiger partial charge in [-0.1, -0.05) is 6.07 Å². The Morgan fingerprint density at radius 3 is 2.90 bits per heavy atom. The summed E-state index contributed by atoms with van der Waals surface area (Å²) in [5, 5.41) is 10.9. The molecule has 0 bridgehead atoms. The van der Waals surface area contributed by atoms with Crippen LogP contribution in [-0.2, 0) is 6.42 Å². The molecule has 0 aliphatic carbocycles. The van der Waals surface area contributed by atoms with Crippen molar-refractivity contribution >= 4 is 12.6 Å². The lowest BCUT2D eigenvalue weighted by Gasteiger charge is -2.00. The molecule has 0 amide bonds. The number of aromatic nitrogens is 1. The summed E-state index contributed by atoms with van der Waals surface area (Å²) in [4.78, 5) is 0. The maximum absolute atomic E-state index is 10.9. The van der Waals surface area contributed by atoms with E-state index in [0.717, 1.165) is 16.8 Å². The third-order valence-corrected chi connectivity index (χ3v) is 1.50. The van der Waals surface area contributed by atoms with Gasteiger partial charge < -0.3 is 5.21 Å². The fourth-order valence-corrected chi connectivity index (χ4v) is 1.00. The molecule has 10 heavy (non-hydrogen) atoms. The summed E-state index contributed by atoms with van der Waals surface area (Å²) in [5.74, 6) is 0.715. The molecule has 0 N–H and O–H groups in total. The predicted molar refractivity (Wildman–Crippen MR) is 43.0 cm³/mol. The summed E-state index contributed by atoms with van der Waals surface area (Å²) in [6.07, 6.45) is 2.23. The van der Waals surface area contributed by atoms with E-state index < -0.39 is 0 Å². The molecule has 0 unspecified atom stereocenters. The van der Waals surface area contributed by atoms with Crippen molar-refractivity contribution in [3.8, 4) is 0 Å². The molecule has 0 atom stereocenters. The zero-order valence-corrected chi connectivity index (χ0v) is 6.42. The van der Waals surface area contributed by atoms with Crippen LogP contribution in [0.2, 0.25) is 0 Å². The summed E-state index contributed by atoms with van der Waals surface area (Å²) in [6, 6.07) is 5.38. The molecule has 54 valence electrons. The van der Waals surface area contributed by atoms with Gasteiger partial charge in [0.1, 0.15) is 0 Å². The molecular formula is C7H9NOS. The molecule has 0 spiro atoms. The van der Waals surface area contributed by atoms with Crippen molar-refractivity contribution in [2.45, 2.75) is 6.42 Å². The second kappa shape index (κ2) is 3.46. The van der Waals surface area contributed by atoms with Crippen LogP contribution in [0.5, 0.6) is 0 Å². The van der Waals surface area contributed by atoms with Crippen molar-refractivity contribution in [1.82, 2.24) is 0 Å². The molecular weight excluding hydrogens is 146 g/mol. The van der Waals surface area contributed by atoms with Crippen LogP contribution < -0.4 is 4.73 Å². The Morgan fingerprint density at radius 1 is 1.50 bits per heavy atom. The summed E-state index contributed by atoms with van der Waals surface area (Å²) in [7, 11) is 0. The monoisotopic (exact) mass is 155 g/mol. The molecule has 0 radical (unpaired) electrons. The first kappa shape index (κ1) is 7.41. The minimum Gasteiger partial charge on any atom is -0.619 e. The van der Waals surface area contributed by atoms with Gasteiger partial charge >= 0.3 is 0 Å². The van der Waals surface area contributed by atoms with Crippen LogP contribution in [0, 0.1) is 5.21 Å². The third kappa shape index (κ3) is 1.64. The Bertz CT molecular complexity index is 215. The number of nitrogens with zero attached hydrogens (tertiary/aromatic N) is 1. The lowest BCUT2D eigenvalue weighted by molar-refractivity contribution is -0.613. The Hall–Kier alpha value is -0.700. The quantitative estimate of drug-likeness (QED) is 0.381. The van der Waals surface area contributed by atoms with E-state index in [1.54, 1.807) is 6.07 Å². The van der Waals surface area contributed by atoms with E-state index in [2.05, 4.69) is 12.6 Å². The summed E-state index contributed by atoms with van der Waals surface area (Å²) >= 11 is 4.03. The summed E-state index contributed by atoms with van der Waals surface area (Å²) in [5.41, 5.74) is 0.775. The first-order chi connectivity index (χ1) is 4.84. The van der Waals surface area contributed by atoms with E-state index in [0.29, 0.717) is 5.75 Å². The summed E-state index contributed by atoms with van der Waals surface area (Å²) in [6.45, 7) is 0. The van der Waals surface area contributed by atoms with E-state index in [9.17, 15) is 5.21 Å². The van der Waals surface area contributed by atoms with Crippen molar-refractivity contribution in [1.29, 1.82) is 0 Å². The topological polar surface area (TPSA) is 26.9 Å². The van der Waals surface area contributed by atoms with Crippen LogP contribution in [0.4, 0.5) is 0 Å².